The van der Waals surface area contributed by atoms with Crippen molar-refractivity contribution >= 4 is 44.6 Å². The van der Waals surface area contributed by atoms with Crippen molar-refractivity contribution in [3.8, 4) is 11.6 Å². The minimum Gasteiger partial charge on any atom is -0.491 e. The molecule has 6 rings (SSSR count). The van der Waals surface area contributed by atoms with Crippen molar-refractivity contribution < 1.29 is 55.0 Å². The van der Waals surface area contributed by atoms with E-state index in [0.29, 0.717) is 50.2 Å². The van der Waals surface area contributed by atoms with Crippen LogP contribution in [0.3, 0.4) is 0 Å². The van der Waals surface area contributed by atoms with Crippen LogP contribution in [0.1, 0.15) is 79.6 Å². The predicted octanol–water partition coefficient (Wildman–Crippen LogP) is 4.91. The maximum atomic E-state index is 14.7. The Morgan fingerprint density at radius 3 is 2.49 bits per heavy atom. The SMILES string of the molecule is CC1CCC=CC2CC2(C(=O)NS(=O)(=O)C2CC2)NC(=O)C2CC(Oc3nccc4cc(OC(C)C)ccc34)CN2C(=O)C(NC(=O)OC(C)C(F)(F)F)C(C)C1. The fraction of sp³-hybridized carbons (Fsp3) is 0.615. The molecule has 8 unspecified atom stereocenters. The summed E-state index contributed by atoms with van der Waals surface area (Å²) in [6, 6.07) is 4.42. The van der Waals surface area contributed by atoms with Gasteiger partial charge in [0.15, 0.2) is 6.10 Å². The third kappa shape index (κ3) is 9.75. The van der Waals surface area contributed by atoms with Crippen LogP contribution in [0.5, 0.6) is 11.6 Å². The van der Waals surface area contributed by atoms with E-state index in [-0.39, 0.29) is 37.3 Å². The first-order valence-corrected chi connectivity index (χ1v) is 20.9. The molecule has 0 radical (unpaired) electrons. The van der Waals surface area contributed by atoms with Gasteiger partial charge < -0.3 is 29.7 Å². The first kappa shape index (κ1) is 42.0. The third-order valence-electron chi connectivity index (χ3n) is 11.0. The normalized spacial score (nSPS) is 29.0. The fourth-order valence-electron chi connectivity index (χ4n) is 7.61. The number of nitrogens with one attached hydrogen (secondary N) is 3. The lowest BCUT2D eigenvalue weighted by Crippen LogP contribution is -2.59. The largest absolute Gasteiger partial charge is 0.491 e. The summed E-state index contributed by atoms with van der Waals surface area (Å²) < 4.78 is 84.7. The van der Waals surface area contributed by atoms with Gasteiger partial charge in [-0.25, -0.2) is 18.2 Å². The number of alkyl halides is 3. The Morgan fingerprint density at radius 2 is 1.81 bits per heavy atom. The summed E-state index contributed by atoms with van der Waals surface area (Å²) in [6.45, 7) is 7.90. The number of allylic oxidation sites excluding steroid dienone is 1. The molecule has 312 valence electrons. The number of hydrogen-bond donors (Lipinski definition) is 3. The van der Waals surface area contributed by atoms with Gasteiger partial charge in [0.25, 0.3) is 5.91 Å². The van der Waals surface area contributed by atoms with Crippen molar-refractivity contribution in [2.45, 2.75) is 127 Å². The Hall–Kier alpha value is -4.61. The van der Waals surface area contributed by atoms with E-state index in [2.05, 4.69) is 25.1 Å². The number of carbonyl (C=O) groups excluding carboxylic acids is 4. The van der Waals surface area contributed by atoms with Gasteiger partial charge in [0.1, 0.15) is 29.5 Å². The van der Waals surface area contributed by atoms with Crippen LogP contribution in [0.25, 0.3) is 10.8 Å². The minimum atomic E-state index is -4.85. The highest BCUT2D eigenvalue weighted by Gasteiger charge is 2.62. The number of halogens is 3. The zero-order valence-corrected chi connectivity index (χ0v) is 33.3. The fourth-order valence-corrected chi connectivity index (χ4v) is 8.98. The van der Waals surface area contributed by atoms with E-state index in [4.69, 9.17) is 9.47 Å². The second-order valence-corrected chi connectivity index (χ2v) is 18.1. The average Bonchev–Trinajstić information content (AvgIpc) is 4.05. The maximum Gasteiger partial charge on any atom is 0.425 e. The number of hydrogen-bond acceptors (Lipinski definition) is 10. The summed E-state index contributed by atoms with van der Waals surface area (Å²) in [5.41, 5.74) is -1.62. The second kappa shape index (κ2) is 16.3. The molecule has 18 heteroatoms. The summed E-state index contributed by atoms with van der Waals surface area (Å²) in [6.07, 6.45) is -2.10. The quantitative estimate of drug-likeness (QED) is 0.294. The molecule has 4 amide bonds. The number of ether oxygens (including phenoxy) is 3. The van der Waals surface area contributed by atoms with E-state index >= 15 is 0 Å². The maximum absolute atomic E-state index is 14.7. The molecule has 8 atom stereocenters. The van der Waals surface area contributed by atoms with Crippen LogP contribution in [0.15, 0.2) is 42.6 Å². The number of nitrogens with zero attached hydrogens (tertiary/aromatic N) is 2. The van der Waals surface area contributed by atoms with Crippen molar-refractivity contribution in [2.75, 3.05) is 6.54 Å². The topological polar surface area (TPSA) is 182 Å². The summed E-state index contributed by atoms with van der Waals surface area (Å²) in [5.74, 6) is -2.76. The summed E-state index contributed by atoms with van der Waals surface area (Å²) in [7, 11) is -3.97. The van der Waals surface area contributed by atoms with E-state index in [1.165, 1.54) is 11.1 Å². The second-order valence-electron chi connectivity index (χ2n) is 16.1. The minimum absolute atomic E-state index is 0.0259. The van der Waals surface area contributed by atoms with E-state index in [1.54, 1.807) is 31.2 Å². The first-order chi connectivity index (χ1) is 26.8. The monoisotopic (exact) mass is 821 g/mol. The molecular formula is C39H50F3N5O9S. The van der Waals surface area contributed by atoms with Crippen LogP contribution in [0, 0.1) is 17.8 Å². The molecule has 4 aliphatic rings. The van der Waals surface area contributed by atoms with Crippen molar-refractivity contribution in [2.24, 2.45) is 17.8 Å². The number of sulfonamides is 1. The van der Waals surface area contributed by atoms with Gasteiger partial charge in [-0.15, -0.1) is 0 Å². The van der Waals surface area contributed by atoms with E-state index in [0.717, 1.165) is 5.39 Å². The molecule has 57 heavy (non-hydrogen) atoms. The van der Waals surface area contributed by atoms with E-state index in [1.807, 2.05) is 32.9 Å². The smallest absolute Gasteiger partial charge is 0.425 e. The van der Waals surface area contributed by atoms with Gasteiger partial charge in [-0.2, -0.15) is 13.2 Å². The van der Waals surface area contributed by atoms with Crippen LogP contribution in [-0.4, -0.2) is 96.0 Å². The molecule has 1 aromatic heterocycles. The Balaban J connectivity index is 1.33. The molecule has 2 aliphatic heterocycles. The molecule has 3 heterocycles. The first-order valence-electron chi connectivity index (χ1n) is 19.4. The Bertz CT molecular complexity index is 2010. The standard InChI is InChI=1S/C39H50F3N5O9S/c1-21(2)54-27-10-13-30-25(17-27)14-15-43-34(30)56-28-18-31-33(48)45-38(36(50)46-57(52,53)29-11-12-29)19-26(38)9-7-6-8-22(3)16-23(4)32(35(49)47(31)20-28)44-37(51)55-24(5)39(40,41)42/h7,9-10,13-15,17,21-24,26,28-29,31-32H,6,8,11-12,16,18-20H2,1-5H3,(H,44,51)(H,45,48)(H,46,50). The summed E-state index contributed by atoms with van der Waals surface area (Å²) >= 11 is 0. The number of benzene rings is 1. The number of pyridine rings is 1. The summed E-state index contributed by atoms with van der Waals surface area (Å²) in [5, 5.41) is 5.82. The zero-order chi connectivity index (χ0) is 41.4. The molecule has 0 bridgehead atoms. The Morgan fingerprint density at radius 1 is 1.07 bits per heavy atom. The summed E-state index contributed by atoms with van der Waals surface area (Å²) in [4.78, 5) is 61.4. The van der Waals surface area contributed by atoms with Crippen LogP contribution >= 0.6 is 0 Å². The number of rotatable bonds is 9. The predicted molar refractivity (Wildman–Crippen MR) is 201 cm³/mol. The number of alkyl carbamates (subject to hydrolysis) is 1. The van der Waals surface area contributed by atoms with Gasteiger partial charge in [-0.3, -0.25) is 19.1 Å². The highest BCUT2D eigenvalue weighted by atomic mass is 32.2. The molecule has 3 fully saturated rings. The highest BCUT2D eigenvalue weighted by Crippen LogP contribution is 2.46. The van der Waals surface area contributed by atoms with Gasteiger partial charge >= 0.3 is 12.3 Å². The van der Waals surface area contributed by atoms with E-state index < -0.39 is 86.9 Å². The van der Waals surface area contributed by atoms with Crippen LogP contribution in [0.4, 0.5) is 18.0 Å². The molecule has 2 aromatic rings. The molecule has 1 aromatic carbocycles. The van der Waals surface area contributed by atoms with Crippen LogP contribution in [-0.2, 0) is 29.1 Å². The molecule has 0 spiro atoms. The van der Waals surface area contributed by atoms with Crippen molar-refractivity contribution in [3.63, 3.8) is 0 Å². The average molecular weight is 822 g/mol. The van der Waals surface area contributed by atoms with Crippen LogP contribution in [0.2, 0.25) is 0 Å². The zero-order valence-electron chi connectivity index (χ0n) is 32.5. The number of amides is 4. The van der Waals surface area contributed by atoms with Crippen molar-refractivity contribution in [1.29, 1.82) is 0 Å². The molecule has 1 saturated heterocycles. The van der Waals surface area contributed by atoms with Gasteiger partial charge in [-0.05, 0) is 101 Å². The Kier molecular flexibility index (Phi) is 12.0. The number of fused-ring (bicyclic) bond motifs is 3. The van der Waals surface area contributed by atoms with Gasteiger partial charge in [0.2, 0.25) is 27.7 Å². The number of aromatic nitrogens is 1. The molecule has 2 aliphatic carbocycles. The lowest BCUT2D eigenvalue weighted by atomic mass is 9.88. The Labute approximate surface area is 329 Å². The lowest BCUT2D eigenvalue weighted by Gasteiger charge is -2.33. The molecule has 14 nitrogen and oxygen atoms in total. The molecular weight excluding hydrogens is 772 g/mol. The van der Waals surface area contributed by atoms with Gasteiger partial charge in [0.05, 0.1) is 17.9 Å². The lowest BCUT2D eigenvalue weighted by molar-refractivity contribution is -0.197. The molecule has 3 N–H and O–H groups in total. The van der Waals surface area contributed by atoms with Gasteiger partial charge in [-0.1, -0.05) is 26.0 Å². The van der Waals surface area contributed by atoms with Crippen molar-refractivity contribution in [3.05, 3.63) is 42.6 Å². The molecule has 2 saturated carbocycles. The van der Waals surface area contributed by atoms with Crippen LogP contribution < -0.4 is 24.8 Å². The van der Waals surface area contributed by atoms with Crippen molar-refractivity contribution in [1.82, 2.24) is 25.2 Å². The highest BCUT2D eigenvalue weighted by molar-refractivity contribution is 7.91. The van der Waals surface area contributed by atoms with Gasteiger partial charge in [0, 0.05) is 23.9 Å². The van der Waals surface area contributed by atoms with E-state index in [9.17, 15) is 40.8 Å². The number of carbonyl (C=O) groups is 4. The third-order valence-corrected chi connectivity index (χ3v) is 12.8.